The molecular formula is C19H19N3O4S2. The van der Waals surface area contributed by atoms with Gasteiger partial charge in [0.05, 0.1) is 43.5 Å². The molecule has 1 N–H and O–H groups in total. The summed E-state index contributed by atoms with van der Waals surface area (Å²) >= 11 is 2.94. The molecule has 1 aromatic heterocycles. The zero-order valence-corrected chi connectivity index (χ0v) is 17.2. The summed E-state index contributed by atoms with van der Waals surface area (Å²) in [6.07, 6.45) is 1.50. The molecule has 9 heteroatoms. The molecule has 0 unspecified atom stereocenters. The molecule has 1 amide bonds. The van der Waals surface area contributed by atoms with Gasteiger partial charge in [-0.25, -0.2) is 10.4 Å². The Bertz CT molecular complexity index is 971. The molecule has 0 radical (unpaired) electrons. The first-order valence-corrected chi connectivity index (χ1v) is 10.0. The average molecular weight is 418 g/mol. The second kappa shape index (κ2) is 9.43. The van der Waals surface area contributed by atoms with Gasteiger partial charge in [0.25, 0.3) is 5.91 Å². The smallest absolute Gasteiger partial charge is 0.250 e. The van der Waals surface area contributed by atoms with Gasteiger partial charge in [-0.05, 0) is 18.2 Å². The lowest BCUT2D eigenvalue weighted by atomic mass is 10.2. The Balaban J connectivity index is 1.60. The van der Waals surface area contributed by atoms with E-state index in [2.05, 4.69) is 15.5 Å². The SMILES string of the molecule is COc1cc(OC)c(OC)cc1C=NNC(=O)CSc1nc2ccccc2s1. The summed E-state index contributed by atoms with van der Waals surface area (Å²) in [4.78, 5) is 16.5. The first-order valence-electron chi connectivity index (χ1n) is 8.25. The van der Waals surface area contributed by atoms with Crippen LogP contribution in [-0.2, 0) is 4.79 Å². The number of thioether (sulfide) groups is 1. The minimum absolute atomic E-state index is 0.222. The lowest BCUT2D eigenvalue weighted by Crippen LogP contribution is -2.19. The van der Waals surface area contributed by atoms with Gasteiger partial charge in [-0.3, -0.25) is 4.79 Å². The predicted octanol–water partition coefficient (Wildman–Crippen LogP) is 3.56. The van der Waals surface area contributed by atoms with Crippen molar-refractivity contribution >= 4 is 45.4 Å². The number of benzene rings is 2. The van der Waals surface area contributed by atoms with Crippen molar-refractivity contribution in [3.8, 4) is 17.2 Å². The van der Waals surface area contributed by atoms with Crippen molar-refractivity contribution in [3.63, 3.8) is 0 Å². The quantitative estimate of drug-likeness (QED) is 0.343. The molecule has 0 aliphatic carbocycles. The van der Waals surface area contributed by atoms with Gasteiger partial charge in [-0.15, -0.1) is 11.3 Å². The molecule has 2 aromatic carbocycles. The normalized spacial score (nSPS) is 11.0. The molecule has 1 heterocycles. The zero-order chi connectivity index (χ0) is 19.9. The van der Waals surface area contributed by atoms with Crippen LogP contribution in [0.1, 0.15) is 5.56 Å². The highest BCUT2D eigenvalue weighted by Gasteiger charge is 2.11. The molecule has 0 atom stereocenters. The Morgan fingerprint density at radius 1 is 1.14 bits per heavy atom. The number of para-hydroxylation sites is 1. The maximum Gasteiger partial charge on any atom is 0.250 e. The molecule has 0 spiro atoms. The maximum atomic E-state index is 12.1. The van der Waals surface area contributed by atoms with Crippen LogP contribution in [0.15, 0.2) is 45.8 Å². The van der Waals surface area contributed by atoms with Crippen LogP contribution in [-0.4, -0.2) is 44.2 Å². The van der Waals surface area contributed by atoms with Crippen LogP contribution in [0.25, 0.3) is 10.2 Å². The average Bonchev–Trinajstić information content (AvgIpc) is 3.14. The Morgan fingerprint density at radius 2 is 1.86 bits per heavy atom. The lowest BCUT2D eigenvalue weighted by molar-refractivity contribution is -0.118. The molecular weight excluding hydrogens is 398 g/mol. The summed E-state index contributed by atoms with van der Waals surface area (Å²) in [6, 6.07) is 11.3. The molecule has 7 nitrogen and oxygen atoms in total. The van der Waals surface area contributed by atoms with Crippen LogP contribution in [0.2, 0.25) is 0 Å². The van der Waals surface area contributed by atoms with Crippen molar-refractivity contribution in [2.75, 3.05) is 27.1 Å². The van der Waals surface area contributed by atoms with E-state index in [-0.39, 0.29) is 11.7 Å². The number of fused-ring (bicyclic) bond motifs is 1. The van der Waals surface area contributed by atoms with Crippen LogP contribution in [0.5, 0.6) is 17.2 Å². The first kappa shape index (κ1) is 20.0. The second-order valence-electron chi connectivity index (χ2n) is 5.48. The second-order valence-corrected chi connectivity index (χ2v) is 7.73. The number of carbonyl (C=O) groups excluding carboxylic acids is 1. The number of methoxy groups -OCH3 is 3. The number of hydrogen-bond donors (Lipinski definition) is 1. The van der Waals surface area contributed by atoms with Crippen molar-refractivity contribution in [1.82, 2.24) is 10.4 Å². The van der Waals surface area contributed by atoms with Crippen LogP contribution in [0, 0.1) is 0 Å². The van der Waals surface area contributed by atoms with E-state index >= 15 is 0 Å². The van der Waals surface area contributed by atoms with Gasteiger partial charge in [0.2, 0.25) is 0 Å². The standard InChI is InChI=1S/C19H19N3O4S2/c1-24-14-9-16(26-3)15(25-2)8-12(14)10-20-22-18(23)11-27-19-21-13-6-4-5-7-17(13)28-19/h4-10H,11H2,1-3H3,(H,22,23). The number of thiazole rings is 1. The highest BCUT2D eigenvalue weighted by atomic mass is 32.2. The van der Waals surface area contributed by atoms with E-state index in [0.717, 1.165) is 14.6 Å². The number of ether oxygens (including phenoxy) is 3. The van der Waals surface area contributed by atoms with Crippen LogP contribution in [0.3, 0.4) is 0 Å². The molecule has 28 heavy (non-hydrogen) atoms. The Hall–Kier alpha value is -2.78. The van der Waals surface area contributed by atoms with E-state index in [0.29, 0.717) is 22.8 Å². The lowest BCUT2D eigenvalue weighted by Gasteiger charge is -2.11. The number of amides is 1. The van der Waals surface area contributed by atoms with E-state index in [9.17, 15) is 4.79 Å². The summed E-state index contributed by atoms with van der Waals surface area (Å²) < 4.78 is 17.8. The number of hydrogen-bond acceptors (Lipinski definition) is 8. The van der Waals surface area contributed by atoms with Crippen LogP contribution < -0.4 is 19.6 Å². The predicted molar refractivity (Wildman–Crippen MR) is 112 cm³/mol. The van der Waals surface area contributed by atoms with E-state index < -0.39 is 0 Å². The third-order valence-corrected chi connectivity index (χ3v) is 5.91. The van der Waals surface area contributed by atoms with Crippen molar-refractivity contribution in [1.29, 1.82) is 0 Å². The molecule has 0 aliphatic heterocycles. The minimum Gasteiger partial charge on any atom is -0.496 e. The summed E-state index contributed by atoms with van der Waals surface area (Å²) in [5.74, 6) is 1.65. The highest BCUT2D eigenvalue weighted by molar-refractivity contribution is 8.01. The molecule has 0 saturated carbocycles. The Kier molecular flexibility index (Phi) is 6.72. The Morgan fingerprint density at radius 3 is 2.57 bits per heavy atom. The van der Waals surface area contributed by atoms with E-state index in [1.807, 2.05) is 24.3 Å². The topological polar surface area (TPSA) is 82.0 Å². The molecule has 0 aliphatic rings. The first-order chi connectivity index (χ1) is 13.6. The number of rotatable bonds is 8. The summed E-state index contributed by atoms with van der Waals surface area (Å²) in [5.41, 5.74) is 4.10. The van der Waals surface area contributed by atoms with Crippen LogP contribution >= 0.6 is 23.1 Å². The number of nitrogens with zero attached hydrogens (tertiary/aromatic N) is 2. The van der Waals surface area contributed by atoms with E-state index in [1.165, 1.54) is 18.0 Å². The summed E-state index contributed by atoms with van der Waals surface area (Å²) in [6.45, 7) is 0. The fourth-order valence-corrected chi connectivity index (χ4v) is 4.26. The van der Waals surface area contributed by atoms with E-state index in [1.54, 1.807) is 44.8 Å². The minimum atomic E-state index is -0.222. The third kappa shape index (κ3) is 4.73. The zero-order valence-electron chi connectivity index (χ0n) is 15.6. The van der Waals surface area contributed by atoms with Gasteiger partial charge in [-0.1, -0.05) is 23.9 Å². The fraction of sp³-hybridized carbons (Fsp3) is 0.211. The van der Waals surface area contributed by atoms with Gasteiger partial charge in [0.15, 0.2) is 15.8 Å². The molecule has 3 aromatic rings. The summed E-state index contributed by atoms with van der Waals surface area (Å²) in [5, 5.41) is 4.00. The number of carbonyl (C=O) groups is 1. The van der Waals surface area contributed by atoms with Crippen LogP contribution in [0.4, 0.5) is 0 Å². The third-order valence-electron chi connectivity index (χ3n) is 3.73. The molecule has 0 bridgehead atoms. The monoisotopic (exact) mass is 417 g/mol. The van der Waals surface area contributed by atoms with Gasteiger partial charge in [0, 0.05) is 11.6 Å². The molecule has 146 valence electrons. The maximum absolute atomic E-state index is 12.1. The molecule has 3 rings (SSSR count). The van der Waals surface area contributed by atoms with Crippen molar-refractivity contribution in [2.45, 2.75) is 4.34 Å². The number of aromatic nitrogens is 1. The largest absolute Gasteiger partial charge is 0.496 e. The van der Waals surface area contributed by atoms with Gasteiger partial charge in [-0.2, -0.15) is 5.10 Å². The summed E-state index contributed by atoms with van der Waals surface area (Å²) in [7, 11) is 4.65. The fourth-order valence-electron chi connectivity index (χ4n) is 2.40. The highest BCUT2D eigenvalue weighted by Crippen LogP contribution is 2.33. The van der Waals surface area contributed by atoms with Crippen molar-refractivity contribution in [2.24, 2.45) is 5.10 Å². The van der Waals surface area contributed by atoms with Gasteiger partial charge < -0.3 is 14.2 Å². The van der Waals surface area contributed by atoms with E-state index in [4.69, 9.17) is 14.2 Å². The Labute approximate surface area is 170 Å². The van der Waals surface area contributed by atoms with Gasteiger partial charge in [0.1, 0.15) is 5.75 Å². The van der Waals surface area contributed by atoms with Crippen molar-refractivity contribution < 1.29 is 19.0 Å². The molecule has 0 saturated heterocycles. The molecule has 0 fully saturated rings. The van der Waals surface area contributed by atoms with Gasteiger partial charge >= 0.3 is 0 Å². The number of hydrazone groups is 1. The van der Waals surface area contributed by atoms with Crippen molar-refractivity contribution in [3.05, 3.63) is 42.0 Å². The number of nitrogens with one attached hydrogen (secondary N) is 1.